The molecule has 0 N–H and O–H groups in total. The molecular formula is C13H12O2. The predicted octanol–water partition coefficient (Wildman–Crippen LogP) is 2.25. The topological polar surface area (TPSA) is 26.3 Å². The van der Waals surface area contributed by atoms with Crippen molar-refractivity contribution >= 4 is 5.97 Å². The average Bonchev–Trinajstić information content (AvgIpc) is 2.16. The van der Waals surface area contributed by atoms with Gasteiger partial charge in [0.15, 0.2) is 0 Å². The molecule has 0 fully saturated rings. The first kappa shape index (κ1) is 9.79. The summed E-state index contributed by atoms with van der Waals surface area (Å²) in [5.41, 5.74) is 1.63. The molecule has 76 valence electrons. The van der Waals surface area contributed by atoms with E-state index >= 15 is 0 Å². The summed E-state index contributed by atoms with van der Waals surface area (Å²) in [7, 11) is 0. The Bertz CT molecular complexity index is 464. The number of fused-ring (bicyclic) bond motifs is 1. The summed E-state index contributed by atoms with van der Waals surface area (Å²) in [6.45, 7) is 4.04. The van der Waals surface area contributed by atoms with Crippen molar-refractivity contribution in [2.24, 2.45) is 0 Å². The Hall–Kier alpha value is -1.75. The third-order valence-corrected chi connectivity index (χ3v) is 2.69. The van der Waals surface area contributed by atoms with E-state index in [-0.39, 0.29) is 11.4 Å². The van der Waals surface area contributed by atoms with E-state index in [0.29, 0.717) is 12.2 Å². The summed E-state index contributed by atoms with van der Waals surface area (Å²) >= 11 is 0. The second-order valence-electron chi connectivity index (χ2n) is 4.39. The average molecular weight is 200 g/mol. The summed E-state index contributed by atoms with van der Waals surface area (Å²) in [5, 5.41) is 0. The highest BCUT2D eigenvalue weighted by Crippen LogP contribution is 2.38. The second kappa shape index (κ2) is 3.13. The lowest BCUT2D eigenvalue weighted by Crippen LogP contribution is -2.30. The van der Waals surface area contributed by atoms with Crippen molar-refractivity contribution in [1.29, 1.82) is 0 Å². The highest BCUT2D eigenvalue weighted by Gasteiger charge is 2.33. The Morgan fingerprint density at radius 3 is 2.87 bits per heavy atom. The highest BCUT2D eigenvalue weighted by molar-refractivity contribution is 5.77. The third kappa shape index (κ3) is 1.61. The van der Waals surface area contributed by atoms with Crippen LogP contribution in [0.3, 0.4) is 0 Å². The number of ether oxygens (including phenoxy) is 1. The van der Waals surface area contributed by atoms with Crippen LogP contribution in [-0.4, -0.2) is 5.97 Å². The molecule has 0 radical (unpaired) electrons. The van der Waals surface area contributed by atoms with E-state index in [1.165, 1.54) is 0 Å². The van der Waals surface area contributed by atoms with Gasteiger partial charge in [-0.3, -0.25) is 4.79 Å². The molecule has 1 aliphatic heterocycles. The molecule has 1 aromatic carbocycles. The van der Waals surface area contributed by atoms with Crippen molar-refractivity contribution in [1.82, 2.24) is 0 Å². The maximum Gasteiger partial charge on any atom is 0.312 e. The number of hydrogen-bond donors (Lipinski definition) is 0. The van der Waals surface area contributed by atoms with E-state index in [0.717, 1.165) is 11.1 Å². The minimum atomic E-state index is -0.197. The molecule has 2 rings (SSSR count). The highest BCUT2D eigenvalue weighted by atomic mass is 16.5. The zero-order valence-corrected chi connectivity index (χ0v) is 8.83. The largest absolute Gasteiger partial charge is 0.426 e. The van der Waals surface area contributed by atoms with Crippen LogP contribution in [0.4, 0.5) is 0 Å². The van der Waals surface area contributed by atoms with Crippen LogP contribution >= 0.6 is 0 Å². The van der Waals surface area contributed by atoms with E-state index in [1.807, 2.05) is 19.9 Å². The van der Waals surface area contributed by atoms with Gasteiger partial charge in [0, 0.05) is 16.5 Å². The van der Waals surface area contributed by atoms with Crippen LogP contribution in [0.2, 0.25) is 0 Å². The summed E-state index contributed by atoms with van der Waals surface area (Å²) in [6, 6.07) is 5.47. The summed E-state index contributed by atoms with van der Waals surface area (Å²) < 4.78 is 5.16. The fourth-order valence-corrected chi connectivity index (χ4v) is 1.85. The van der Waals surface area contributed by atoms with Crippen LogP contribution in [0, 0.1) is 12.3 Å². The zero-order valence-electron chi connectivity index (χ0n) is 8.83. The molecule has 1 heterocycles. The molecule has 0 atom stereocenters. The number of rotatable bonds is 0. The molecular weight excluding hydrogens is 188 g/mol. The first-order chi connectivity index (χ1) is 7.03. The van der Waals surface area contributed by atoms with E-state index in [9.17, 15) is 4.79 Å². The molecule has 0 aromatic heterocycles. The van der Waals surface area contributed by atoms with E-state index in [2.05, 4.69) is 5.92 Å². The maximum absolute atomic E-state index is 11.3. The third-order valence-electron chi connectivity index (χ3n) is 2.69. The number of terminal acetylenes is 1. The molecule has 2 heteroatoms. The molecule has 0 bridgehead atoms. The van der Waals surface area contributed by atoms with Crippen molar-refractivity contribution < 1.29 is 9.53 Å². The van der Waals surface area contributed by atoms with Crippen LogP contribution < -0.4 is 4.74 Å². The van der Waals surface area contributed by atoms with Gasteiger partial charge < -0.3 is 4.74 Å². The molecule has 1 aliphatic rings. The Labute approximate surface area is 89.3 Å². The molecule has 15 heavy (non-hydrogen) atoms. The summed E-state index contributed by atoms with van der Waals surface area (Å²) in [5.74, 6) is 3.04. The number of carbonyl (C=O) groups excluding carboxylic acids is 1. The van der Waals surface area contributed by atoms with Gasteiger partial charge in [-0.05, 0) is 18.2 Å². The number of carbonyl (C=O) groups is 1. The van der Waals surface area contributed by atoms with Crippen LogP contribution in [0.25, 0.3) is 0 Å². The molecule has 0 saturated heterocycles. The zero-order chi connectivity index (χ0) is 11.1. The van der Waals surface area contributed by atoms with Crippen molar-refractivity contribution in [3.63, 3.8) is 0 Å². The van der Waals surface area contributed by atoms with Gasteiger partial charge in [0.05, 0.1) is 6.42 Å². The van der Waals surface area contributed by atoms with Gasteiger partial charge in [0.2, 0.25) is 0 Å². The molecule has 2 nitrogen and oxygen atoms in total. The van der Waals surface area contributed by atoms with Gasteiger partial charge in [-0.2, -0.15) is 0 Å². The molecule has 0 aliphatic carbocycles. The maximum atomic E-state index is 11.3. The Kier molecular flexibility index (Phi) is 2.04. The number of benzene rings is 1. The standard InChI is InChI=1S/C13H12O2/c1-4-9-5-6-11-10(7-9)13(2,3)8-12(14)15-11/h1,5-7H,8H2,2-3H3. The minimum Gasteiger partial charge on any atom is -0.426 e. The van der Waals surface area contributed by atoms with Crippen LogP contribution in [0.5, 0.6) is 5.75 Å². The Morgan fingerprint density at radius 2 is 2.20 bits per heavy atom. The fourth-order valence-electron chi connectivity index (χ4n) is 1.85. The van der Waals surface area contributed by atoms with Gasteiger partial charge >= 0.3 is 5.97 Å². The van der Waals surface area contributed by atoms with Crippen molar-refractivity contribution in [2.45, 2.75) is 25.7 Å². The monoisotopic (exact) mass is 200 g/mol. The summed E-state index contributed by atoms with van der Waals surface area (Å²) in [6.07, 6.45) is 5.74. The molecule has 0 unspecified atom stereocenters. The van der Waals surface area contributed by atoms with Crippen LogP contribution in [0.1, 0.15) is 31.4 Å². The Balaban J connectivity index is 2.59. The molecule has 0 saturated carbocycles. The minimum absolute atomic E-state index is 0.180. The molecule has 0 amide bonds. The second-order valence-corrected chi connectivity index (χ2v) is 4.39. The van der Waals surface area contributed by atoms with Gasteiger partial charge in [0.25, 0.3) is 0 Å². The van der Waals surface area contributed by atoms with Crippen molar-refractivity contribution in [3.8, 4) is 18.1 Å². The van der Waals surface area contributed by atoms with E-state index in [1.54, 1.807) is 12.1 Å². The van der Waals surface area contributed by atoms with Crippen molar-refractivity contribution in [3.05, 3.63) is 29.3 Å². The molecule has 1 aromatic rings. The number of hydrogen-bond acceptors (Lipinski definition) is 2. The quantitative estimate of drug-likeness (QED) is 0.365. The van der Waals surface area contributed by atoms with E-state index in [4.69, 9.17) is 11.2 Å². The lowest BCUT2D eigenvalue weighted by molar-refractivity contribution is -0.136. The number of esters is 1. The van der Waals surface area contributed by atoms with Crippen molar-refractivity contribution in [2.75, 3.05) is 0 Å². The smallest absolute Gasteiger partial charge is 0.312 e. The van der Waals surface area contributed by atoms with Gasteiger partial charge in [0.1, 0.15) is 5.75 Å². The molecule has 0 spiro atoms. The Morgan fingerprint density at radius 1 is 1.47 bits per heavy atom. The lowest BCUT2D eigenvalue weighted by atomic mass is 9.79. The fraction of sp³-hybridized carbons (Fsp3) is 0.308. The van der Waals surface area contributed by atoms with Crippen LogP contribution in [0.15, 0.2) is 18.2 Å². The predicted molar refractivity (Wildman–Crippen MR) is 57.7 cm³/mol. The first-order valence-corrected chi connectivity index (χ1v) is 4.85. The first-order valence-electron chi connectivity index (χ1n) is 4.85. The summed E-state index contributed by atoms with van der Waals surface area (Å²) in [4.78, 5) is 11.3. The van der Waals surface area contributed by atoms with Gasteiger partial charge in [-0.1, -0.05) is 19.8 Å². The normalized spacial score (nSPS) is 17.5. The van der Waals surface area contributed by atoms with Crippen LogP contribution in [-0.2, 0) is 10.2 Å². The lowest BCUT2D eigenvalue weighted by Gasteiger charge is -2.30. The van der Waals surface area contributed by atoms with Gasteiger partial charge in [-0.25, -0.2) is 0 Å². The van der Waals surface area contributed by atoms with E-state index < -0.39 is 0 Å². The van der Waals surface area contributed by atoms with Gasteiger partial charge in [-0.15, -0.1) is 6.42 Å². The SMILES string of the molecule is C#Cc1ccc2c(c1)C(C)(C)CC(=O)O2.